The highest BCUT2D eigenvalue weighted by molar-refractivity contribution is 6.29. The number of carbonyl (C=O) groups excluding carboxylic acids is 1. The van der Waals surface area contributed by atoms with Crippen LogP contribution in [0.3, 0.4) is 0 Å². The smallest absolute Gasteiger partial charge is 0.392 e. The molecule has 2 aromatic rings. The summed E-state index contributed by atoms with van der Waals surface area (Å²) in [5, 5.41) is 11.9. The van der Waals surface area contributed by atoms with Crippen molar-refractivity contribution >= 4 is 23.2 Å². The number of carbonyl (C=O) groups is 1. The molecule has 0 saturated heterocycles. The Morgan fingerprint density at radius 2 is 1.70 bits per heavy atom. The van der Waals surface area contributed by atoms with Crippen LogP contribution in [0.25, 0.3) is 11.1 Å². The molecule has 0 fully saturated rings. The van der Waals surface area contributed by atoms with Crippen molar-refractivity contribution in [2.75, 3.05) is 11.2 Å². The van der Waals surface area contributed by atoms with Gasteiger partial charge in [-0.3, -0.25) is 4.79 Å². The number of halogens is 4. The molecule has 0 aliphatic heterocycles. The van der Waals surface area contributed by atoms with Gasteiger partial charge in [0, 0.05) is 11.3 Å². The summed E-state index contributed by atoms with van der Waals surface area (Å²) in [6.07, 6.45) is -4.38. The summed E-state index contributed by atoms with van der Waals surface area (Å²) in [6.45, 7) is -0.327. The van der Waals surface area contributed by atoms with Crippen LogP contribution in [-0.2, 0) is 17.6 Å². The standard InChI is InChI=1S/C16H13ClF3NO2/c17-8-15(23)21-14-6-3-11(7-12(14)9-22)10-1-4-13(5-2-10)16(18,19)20/h1-7,22H,8-9H2,(H,21,23). The maximum atomic E-state index is 12.6. The number of aliphatic hydroxyl groups is 1. The molecule has 7 heteroatoms. The van der Waals surface area contributed by atoms with Crippen molar-refractivity contribution in [1.29, 1.82) is 0 Å². The van der Waals surface area contributed by atoms with Crippen LogP contribution in [0, 0.1) is 0 Å². The van der Waals surface area contributed by atoms with Crippen molar-refractivity contribution in [2.24, 2.45) is 0 Å². The van der Waals surface area contributed by atoms with E-state index in [4.69, 9.17) is 11.6 Å². The summed E-state index contributed by atoms with van der Waals surface area (Å²) < 4.78 is 37.7. The molecule has 3 nitrogen and oxygen atoms in total. The average molecular weight is 344 g/mol. The summed E-state index contributed by atoms with van der Waals surface area (Å²) in [4.78, 5) is 11.3. The van der Waals surface area contributed by atoms with Crippen molar-refractivity contribution in [1.82, 2.24) is 0 Å². The Morgan fingerprint density at radius 1 is 1.09 bits per heavy atom. The SMILES string of the molecule is O=C(CCl)Nc1ccc(-c2ccc(C(F)(F)F)cc2)cc1CO. The third kappa shape index (κ3) is 4.24. The third-order valence-corrected chi connectivity index (χ3v) is 3.46. The predicted octanol–water partition coefficient (Wildman–Crippen LogP) is 4.04. The second-order valence-electron chi connectivity index (χ2n) is 4.79. The van der Waals surface area contributed by atoms with Crippen LogP contribution in [0.5, 0.6) is 0 Å². The summed E-state index contributed by atoms with van der Waals surface area (Å²) in [6, 6.07) is 9.53. The van der Waals surface area contributed by atoms with E-state index in [1.165, 1.54) is 12.1 Å². The van der Waals surface area contributed by atoms with Crippen LogP contribution in [-0.4, -0.2) is 16.9 Å². The van der Waals surface area contributed by atoms with Gasteiger partial charge in [-0.15, -0.1) is 11.6 Å². The molecule has 0 heterocycles. The molecule has 2 N–H and O–H groups in total. The molecule has 0 bridgehead atoms. The molecular formula is C16H13ClF3NO2. The van der Waals surface area contributed by atoms with Gasteiger partial charge in [0.2, 0.25) is 5.91 Å². The lowest BCUT2D eigenvalue weighted by Gasteiger charge is -2.12. The Morgan fingerprint density at radius 3 is 2.22 bits per heavy atom. The highest BCUT2D eigenvalue weighted by Crippen LogP contribution is 2.32. The zero-order valence-electron chi connectivity index (χ0n) is 11.8. The van der Waals surface area contributed by atoms with Gasteiger partial charge >= 0.3 is 6.18 Å². The van der Waals surface area contributed by atoms with E-state index >= 15 is 0 Å². The lowest BCUT2D eigenvalue weighted by Crippen LogP contribution is -2.14. The van der Waals surface area contributed by atoms with E-state index in [0.717, 1.165) is 12.1 Å². The number of benzene rings is 2. The highest BCUT2D eigenvalue weighted by atomic mass is 35.5. The van der Waals surface area contributed by atoms with Gasteiger partial charge in [0.25, 0.3) is 0 Å². The Labute approximate surface area is 135 Å². The molecule has 0 aliphatic rings. The average Bonchev–Trinajstić information content (AvgIpc) is 2.54. The van der Waals surface area contributed by atoms with Gasteiger partial charge in [0.15, 0.2) is 0 Å². The van der Waals surface area contributed by atoms with E-state index in [9.17, 15) is 23.1 Å². The molecule has 0 saturated carbocycles. The lowest BCUT2D eigenvalue weighted by molar-refractivity contribution is -0.137. The molecule has 0 unspecified atom stereocenters. The maximum absolute atomic E-state index is 12.6. The summed E-state index contributed by atoms with van der Waals surface area (Å²) in [5.41, 5.74) is 1.33. The molecule has 0 aromatic heterocycles. The van der Waals surface area contributed by atoms with Gasteiger partial charge in [-0.05, 0) is 35.4 Å². The fourth-order valence-electron chi connectivity index (χ4n) is 2.06. The van der Waals surface area contributed by atoms with E-state index < -0.39 is 17.6 Å². The van der Waals surface area contributed by atoms with Crippen LogP contribution in [0.4, 0.5) is 18.9 Å². The van der Waals surface area contributed by atoms with Crippen molar-refractivity contribution in [2.45, 2.75) is 12.8 Å². The number of hydrogen-bond acceptors (Lipinski definition) is 2. The van der Waals surface area contributed by atoms with Gasteiger partial charge in [-0.2, -0.15) is 13.2 Å². The minimum absolute atomic E-state index is 0.217. The number of aliphatic hydroxyl groups excluding tert-OH is 1. The number of alkyl halides is 4. The Kier molecular flexibility index (Phi) is 5.28. The van der Waals surface area contributed by atoms with E-state index in [-0.39, 0.29) is 12.5 Å². The van der Waals surface area contributed by atoms with Gasteiger partial charge < -0.3 is 10.4 Å². The van der Waals surface area contributed by atoms with Gasteiger partial charge in [0.1, 0.15) is 5.88 Å². The van der Waals surface area contributed by atoms with E-state index in [2.05, 4.69) is 5.32 Å². The normalized spacial score (nSPS) is 11.3. The minimum Gasteiger partial charge on any atom is -0.392 e. The van der Waals surface area contributed by atoms with Crippen LogP contribution >= 0.6 is 11.6 Å². The Bertz CT molecular complexity index is 699. The van der Waals surface area contributed by atoms with Gasteiger partial charge in [0.05, 0.1) is 12.2 Å². The number of hydrogen-bond donors (Lipinski definition) is 2. The molecule has 2 rings (SSSR count). The van der Waals surface area contributed by atoms with Crippen LogP contribution < -0.4 is 5.32 Å². The monoisotopic (exact) mass is 343 g/mol. The van der Waals surface area contributed by atoms with Crippen molar-refractivity contribution in [3.8, 4) is 11.1 Å². The summed E-state index contributed by atoms with van der Waals surface area (Å²) >= 11 is 5.41. The second kappa shape index (κ2) is 7.02. The predicted molar refractivity (Wildman–Crippen MR) is 82.2 cm³/mol. The first kappa shape index (κ1) is 17.3. The zero-order chi connectivity index (χ0) is 17.0. The van der Waals surface area contributed by atoms with Gasteiger partial charge in [-0.1, -0.05) is 18.2 Å². The first-order valence-corrected chi connectivity index (χ1v) is 7.16. The lowest BCUT2D eigenvalue weighted by atomic mass is 10.0. The number of nitrogens with one attached hydrogen (secondary N) is 1. The minimum atomic E-state index is -4.38. The first-order valence-electron chi connectivity index (χ1n) is 6.62. The molecule has 0 spiro atoms. The topological polar surface area (TPSA) is 49.3 Å². The molecule has 0 radical (unpaired) electrons. The van der Waals surface area contributed by atoms with Crippen LogP contribution in [0.1, 0.15) is 11.1 Å². The molecule has 0 aliphatic carbocycles. The number of anilines is 1. The number of amides is 1. The second-order valence-corrected chi connectivity index (χ2v) is 5.05. The summed E-state index contributed by atoms with van der Waals surface area (Å²) in [7, 11) is 0. The largest absolute Gasteiger partial charge is 0.416 e. The molecule has 122 valence electrons. The summed E-state index contributed by atoms with van der Waals surface area (Å²) in [5.74, 6) is -0.630. The third-order valence-electron chi connectivity index (χ3n) is 3.22. The zero-order valence-corrected chi connectivity index (χ0v) is 12.6. The fraction of sp³-hybridized carbons (Fsp3) is 0.188. The molecule has 1 amide bonds. The molecule has 2 aromatic carbocycles. The van der Waals surface area contributed by atoms with Crippen molar-refractivity contribution < 1.29 is 23.1 Å². The molecule has 0 atom stereocenters. The highest BCUT2D eigenvalue weighted by Gasteiger charge is 2.29. The Hall–Kier alpha value is -2.05. The number of rotatable bonds is 4. The maximum Gasteiger partial charge on any atom is 0.416 e. The molecule has 23 heavy (non-hydrogen) atoms. The van der Waals surface area contributed by atoms with Crippen LogP contribution in [0.2, 0.25) is 0 Å². The molecular weight excluding hydrogens is 331 g/mol. The van der Waals surface area contributed by atoms with Crippen molar-refractivity contribution in [3.05, 3.63) is 53.6 Å². The van der Waals surface area contributed by atoms with E-state index in [1.807, 2.05) is 0 Å². The van der Waals surface area contributed by atoms with Crippen LogP contribution in [0.15, 0.2) is 42.5 Å². The van der Waals surface area contributed by atoms with Crippen molar-refractivity contribution in [3.63, 3.8) is 0 Å². The first-order chi connectivity index (χ1) is 10.8. The Balaban J connectivity index is 2.32. The fourth-order valence-corrected chi connectivity index (χ4v) is 2.13. The van der Waals surface area contributed by atoms with E-state index in [0.29, 0.717) is 22.4 Å². The van der Waals surface area contributed by atoms with E-state index in [1.54, 1.807) is 18.2 Å². The van der Waals surface area contributed by atoms with Gasteiger partial charge in [-0.25, -0.2) is 0 Å². The quantitative estimate of drug-likeness (QED) is 0.823.